The zero-order chi connectivity index (χ0) is 34.9. The summed E-state index contributed by atoms with van der Waals surface area (Å²) in [5.41, 5.74) is 12.7. The van der Waals surface area contributed by atoms with Crippen LogP contribution in [0.25, 0.3) is 43.8 Å². The van der Waals surface area contributed by atoms with Crippen molar-refractivity contribution < 1.29 is 4.74 Å². The Bertz CT molecular complexity index is 2720. The second-order valence-electron chi connectivity index (χ2n) is 14.3. The van der Waals surface area contributed by atoms with Gasteiger partial charge in [0.05, 0.1) is 5.41 Å². The number of anilines is 2. The molecule has 2 nitrogen and oxygen atoms in total. The van der Waals surface area contributed by atoms with Crippen molar-refractivity contribution in [1.29, 1.82) is 0 Å². The van der Waals surface area contributed by atoms with Crippen LogP contribution in [0.5, 0.6) is 11.5 Å². The second kappa shape index (κ2) is 11.7. The molecule has 8 aromatic carbocycles. The second-order valence-corrected chi connectivity index (χ2v) is 14.3. The number of rotatable bonds is 4. The molecule has 3 aliphatic rings. The maximum Gasteiger partial charge on any atom is 0.140 e. The molecule has 0 fully saturated rings. The van der Waals surface area contributed by atoms with Gasteiger partial charge in [-0.2, -0.15) is 0 Å². The van der Waals surface area contributed by atoms with E-state index < -0.39 is 5.41 Å². The molecule has 1 spiro atoms. The van der Waals surface area contributed by atoms with E-state index in [-0.39, 0.29) is 0 Å². The lowest BCUT2D eigenvalue weighted by Gasteiger charge is -2.40. The molecule has 0 bridgehead atoms. The molecule has 2 heteroatoms. The SMILES string of the molecule is C1=CC(N(c2ccc(-c3ccccc3)cc2)c2ccc3c(c2)C2(c4ccccc4-3)c3ccc4ccccc4c3Oc3c2ccc2ccccc32)=CCC1. The molecular formula is C51H35NO. The van der Waals surface area contributed by atoms with Crippen LogP contribution in [0.4, 0.5) is 11.4 Å². The summed E-state index contributed by atoms with van der Waals surface area (Å²) in [5.74, 6) is 1.87. The van der Waals surface area contributed by atoms with Gasteiger partial charge in [0.25, 0.3) is 0 Å². The van der Waals surface area contributed by atoms with Crippen LogP contribution in [0.3, 0.4) is 0 Å². The van der Waals surface area contributed by atoms with E-state index in [2.05, 4.69) is 193 Å². The molecule has 0 N–H and O–H groups in total. The summed E-state index contributed by atoms with van der Waals surface area (Å²) >= 11 is 0. The maximum atomic E-state index is 7.18. The highest BCUT2D eigenvalue weighted by Crippen LogP contribution is 2.64. The van der Waals surface area contributed by atoms with E-state index in [9.17, 15) is 0 Å². The van der Waals surface area contributed by atoms with Crippen molar-refractivity contribution in [2.24, 2.45) is 0 Å². The third kappa shape index (κ3) is 4.39. The molecule has 250 valence electrons. The number of ether oxygens (including phenoxy) is 1. The van der Waals surface area contributed by atoms with Gasteiger partial charge in [0, 0.05) is 39.0 Å². The lowest BCUT2D eigenvalue weighted by atomic mass is 9.65. The quantitative estimate of drug-likeness (QED) is 0.184. The summed E-state index contributed by atoms with van der Waals surface area (Å²) in [6, 6.07) is 62.2. The molecule has 8 aromatic rings. The lowest BCUT2D eigenvalue weighted by Crippen LogP contribution is -2.32. The van der Waals surface area contributed by atoms with E-state index in [4.69, 9.17) is 4.74 Å². The topological polar surface area (TPSA) is 12.5 Å². The van der Waals surface area contributed by atoms with Gasteiger partial charge in [-0.1, -0.05) is 158 Å². The average Bonchev–Trinajstić information content (AvgIpc) is 3.52. The first kappa shape index (κ1) is 30.0. The van der Waals surface area contributed by atoms with Crippen LogP contribution in [0.1, 0.15) is 35.1 Å². The number of hydrogen-bond acceptors (Lipinski definition) is 2. The summed E-state index contributed by atoms with van der Waals surface area (Å²) in [6.07, 6.45) is 9.03. The number of allylic oxidation sites excluding steroid dienone is 3. The highest BCUT2D eigenvalue weighted by molar-refractivity contribution is 6.00. The first-order valence-electron chi connectivity index (χ1n) is 18.6. The van der Waals surface area contributed by atoms with Gasteiger partial charge in [-0.05, 0) is 87.3 Å². The standard InChI is InChI=1S/C51H35NO/c1-3-13-34(14-4-1)35-23-27-39(28-24-35)52(38-17-5-2-6-18-38)40-29-30-44-43-21-11-12-22-45(43)51(48(44)33-40)46-31-25-36-15-7-9-19-41(36)49(46)53-50-42-20-10-8-16-37(42)26-32-47(50)51/h1,3-5,7-33H,2,6H2. The van der Waals surface area contributed by atoms with E-state index in [0.717, 1.165) is 46.5 Å². The van der Waals surface area contributed by atoms with Gasteiger partial charge in [0.1, 0.15) is 11.5 Å². The smallest absolute Gasteiger partial charge is 0.140 e. The van der Waals surface area contributed by atoms with Gasteiger partial charge >= 0.3 is 0 Å². The van der Waals surface area contributed by atoms with E-state index in [1.807, 2.05) is 0 Å². The molecule has 0 saturated heterocycles. The number of hydrogen-bond donors (Lipinski definition) is 0. The molecule has 0 aromatic heterocycles. The number of benzene rings is 8. The minimum atomic E-state index is -0.599. The van der Waals surface area contributed by atoms with E-state index in [1.165, 1.54) is 61.0 Å². The molecule has 53 heavy (non-hydrogen) atoms. The Labute approximate surface area is 309 Å². The zero-order valence-electron chi connectivity index (χ0n) is 29.2. The highest BCUT2D eigenvalue weighted by atomic mass is 16.5. The fraction of sp³-hybridized carbons (Fsp3) is 0.0588. The monoisotopic (exact) mass is 677 g/mol. The predicted molar refractivity (Wildman–Crippen MR) is 219 cm³/mol. The molecule has 1 heterocycles. The lowest BCUT2D eigenvalue weighted by molar-refractivity contribution is 0.447. The van der Waals surface area contributed by atoms with E-state index in [1.54, 1.807) is 0 Å². The molecule has 0 amide bonds. The summed E-state index contributed by atoms with van der Waals surface area (Å²) in [5, 5.41) is 4.60. The van der Waals surface area contributed by atoms with Gasteiger partial charge in [0.15, 0.2) is 0 Å². The van der Waals surface area contributed by atoms with Crippen molar-refractivity contribution in [1.82, 2.24) is 0 Å². The third-order valence-electron chi connectivity index (χ3n) is 11.5. The van der Waals surface area contributed by atoms with Crippen molar-refractivity contribution in [2.75, 3.05) is 4.90 Å². The maximum absolute atomic E-state index is 7.18. The summed E-state index contributed by atoms with van der Waals surface area (Å²) in [6.45, 7) is 0. The first-order chi connectivity index (χ1) is 26.3. The highest BCUT2D eigenvalue weighted by Gasteiger charge is 2.52. The van der Waals surface area contributed by atoms with Crippen LogP contribution in [0, 0.1) is 0 Å². The molecule has 0 unspecified atom stereocenters. The van der Waals surface area contributed by atoms with Crippen LogP contribution in [0.15, 0.2) is 194 Å². The fourth-order valence-corrected chi connectivity index (χ4v) is 9.18. The third-order valence-corrected chi connectivity index (χ3v) is 11.5. The van der Waals surface area contributed by atoms with Gasteiger partial charge in [-0.25, -0.2) is 0 Å². The molecule has 1 aliphatic heterocycles. The Kier molecular flexibility index (Phi) is 6.63. The van der Waals surface area contributed by atoms with E-state index >= 15 is 0 Å². The van der Waals surface area contributed by atoms with Crippen molar-refractivity contribution >= 4 is 32.9 Å². The average molecular weight is 678 g/mol. The van der Waals surface area contributed by atoms with Crippen LogP contribution in [-0.4, -0.2) is 0 Å². The Morgan fingerprint density at radius 2 is 1.06 bits per heavy atom. The molecule has 0 atom stereocenters. The van der Waals surface area contributed by atoms with Crippen LogP contribution in [-0.2, 0) is 5.41 Å². The predicted octanol–water partition coefficient (Wildman–Crippen LogP) is 13.5. The molecular weight excluding hydrogens is 643 g/mol. The molecule has 2 aliphatic carbocycles. The Morgan fingerprint density at radius 3 is 1.75 bits per heavy atom. The Morgan fingerprint density at radius 1 is 0.453 bits per heavy atom. The summed E-state index contributed by atoms with van der Waals surface area (Å²) in [4.78, 5) is 2.43. The van der Waals surface area contributed by atoms with Crippen LogP contribution in [0.2, 0.25) is 0 Å². The number of nitrogens with zero attached hydrogens (tertiary/aromatic N) is 1. The van der Waals surface area contributed by atoms with Gasteiger partial charge in [-0.3, -0.25) is 0 Å². The Hall–Kier alpha value is -6.64. The van der Waals surface area contributed by atoms with Crippen molar-refractivity contribution in [2.45, 2.75) is 18.3 Å². The number of fused-ring (bicyclic) bond motifs is 13. The van der Waals surface area contributed by atoms with Crippen molar-refractivity contribution in [3.05, 3.63) is 216 Å². The largest absolute Gasteiger partial charge is 0.455 e. The fourth-order valence-electron chi connectivity index (χ4n) is 9.18. The van der Waals surface area contributed by atoms with E-state index in [0.29, 0.717) is 0 Å². The molecule has 0 saturated carbocycles. The normalized spacial score (nSPS) is 14.6. The van der Waals surface area contributed by atoms with Crippen molar-refractivity contribution in [3.63, 3.8) is 0 Å². The zero-order valence-corrected chi connectivity index (χ0v) is 29.2. The summed E-state index contributed by atoms with van der Waals surface area (Å²) < 4.78 is 7.18. The Balaban J connectivity index is 1.20. The minimum Gasteiger partial charge on any atom is -0.455 e. The summed E-state index contributed by atoms with van der Waals surface area (Å²) in [7, 11) is 0. The van der Waals surface area contributed by atoms with Gasteiger partial charge in [0.2, 0.25) is 0 Å². The van der Waals surface area contributed by atoms with Gasteiger partial charge < -0.3 is 9.64 Å². The van der Waals surface area contributed by atoms with Crippen LogP contribution < -0.4 is 9.64 Å². The van der Waals surface area contributed by atoms with Crippen molar-refractivity contribution in [3.8, 4) is 33.8 Å². The minimum absolute atomic E-state index is 0.599. The van der Waals surface area contributed by atoms with Crippen LogP contribution >= 0.6 is 0 Å². The molecule has 0 radical (unpaired) electrons. The molecule has 11 rings (SSSR count). The first-order valence-corrected chi connectivity index (χ1v) is 18.6. The van der Waals surface area contributed by atoms with Gasteiger partial charge in [-0.15, -0.1) is 0 Å².